The number of urea groups is 1. The van der Waals surface area contributed by atoms with E-state index in [1.54, 1.807) is 12.1 Å². The minimum absolute atomic E-state index is 0.111. The smallest absolute Gasteiger partial charge is 0.315 e. The van der Waals surface area contributed by atoms with Gasteiger partial charge in [-0.15, -0.1) is 0 Å². The van der Waals surface area contributed by atoms with Gasteiger partial charge in [0.15, 0.2) is 0 Å². The van der Waals surface area contributed by atoms with E-state index in [0.29, 0.717) is 23.9 Å². The van der Waals surface area contributed by atoms with Crippen molar-refractivity contribution in [3.05, 3.63) is 35.4 Å². The van der Waals surface area contributed by atoms with Crippen LogP contribution in [0, 0.1) is 23.2 Å². The number of carbonyl (C=O) groups excluding carboxylic acids is 1. The Morgan fingerprint density at radius 3 is 2.86 bits per heavy atom. The molecule has 0 aromatic heterocycles. The van der Waals surface area contributed by atoms with E-state index in [9.17, 15) is 4.79 Å². The molecule has 118 valence electrons. The van der Waals surface area contributed by atoms with Crippen LogP contribution < -0.4 is 10.6 Å². The second-order valence-electron chi connectivity index (χ2n) is 6.44. The van der Waals surface area contributed by atoms with Crippen LogP contribution in [0.4, 0.5) is 4.79 Å². The van der Waals surface area contributed by atoms with E-state index in [-0.39, 0.29) is 12.1 Å². The van der Waals surface area contributed by atoms with Crippen LogP contribution >= 0.6 is 0 Å². The van der Waals surface area contributed by atoms with Gasteiger partial charge in [0.2, 0.25) is 0 Å². The van der Waals surface area contributed by atoms with Gasteiger partial charge in [-0.05, 0) is 42.4 Å². The highest BCUT2D eigenvalue weighted by Crippen LogP contribution is 2.30. The molecular formula is C18H25N3O. The Balaban J connectivity index is 1.85. The lowest BCUT2D eigenvalue weighted by Gasteiger charge is -2.34. The first kappa shape index (κ1) is 16.4. The van der Waals surface area contributed by atoms with Gasteiger partial charge in [-0.1, -0.05) is 38.8 Å². The van der Waals surface area contributed by atoms with Crippen LogP contribution in [0.25, 0.3) is 0 Å². The van der Waals surface area contributed by atoms with Crippen molar-refractivity contribution in [3.8, 4) is 6.07 Å². The van der Waals surface area contributed by atoms with Gasteiger partial charge >= 0.3 is 6.03 Å². The maximum Gasteiger partial charge on any atom is 0.315 e. The Bertz CT molecular complexity index is 548. The van der Waals surface area contributed by atoms with Crippen molar-refractivity contribution in [1.29, 1.82) is 5.26 Å². The number of nitrogens with zero attached hydrogens (tertiary/aromatic N) is 1. The molecule has 2 N–H and O–H groups in total. The van der Waals surface area contributed by atoms with Crippen LogP contribution in [0.5, 0.6) is 0 Å². The van der Waals surface area contributed by atoms with Crippen LogP contribution in [-0.2, 0) is 6.54 Å². The predicted molar refractivity (Wildman–Crippen MR) is 87.1 cm³/mol. The first-order valence-electron chi connectivity index (χ1n) is 8.13. The number of hydrogen-bond donors (Lipinski definition) is 2. The van der Waals surface area contributed by atoms with Crippen LogP contribution in [0.2, 0.25) is 0 Å². The molecule has 1 fully saturated rings. The third kappa shape index (κ3) is 4.49. The van der Waals surface area contributed by atoms with Gasteiger partial charge in [0.1, 0.15) is 0 Å². The standard InChI is InChI=1S/C18H25N3O/c1-13(2)16-8-3-4-9-17(16)21-18(22)20-12-15-7-5-6-14(10-15)11-19/h5-7,10,13,16-17H,3-4,8-9,12H2,1-2H3,(H2,20,21,22). The topological polar surface area (TPSA) is 64.9 Å². The highest BCUT2D eigenvalue weighted by Gasteiger charge is 2.28. The molecule has 0 spiro atoms. The number of nitriles is 1. The van der Waals surface area contributed by atoms with Crippen molar-refractivity contribution < 1.29 is 4.79 Å². The highest BCUT2D eigenvalue weighted by atomic mass is 16.2. The lowest BCUT2D eigenvalue weighted by Crippen LogP contribution is -2.47. The molecule has 0 bridgehead atoms. The molecule has 1 aromatic carbocycles. The van der Waals surface area contributed by atoms with Crippen molar-refractivity contribution in [2.45, 2.75) is 52.1 Å². The van der Waals surface area contributed by atoms with Crippen molar-refractivity contribution in [2.24, 2.45) is 11.8 Å². The van der Waals surface area contributed by atoms with E-state index in [0.717, 1.165) is 12.0 Å². The Labute approximate surface area is 132 Å². The molecular weight excluding hydrogens is 274 g/mol. The summed E-state index contributed by atoms with van der Waals surface area (Å²) < 4.78 is 0. The molecule has 0 aliphatic heterocycles. The fourth-order valence-electron chi connectivity index (χ4n) is 3.29. The molecule has 4 heteroatoms. The Hall–Kier alpha value is -2.02. The summed E-state index contributed by atoms with van der Waals surface area (Å²) in [4.78, 5) is 12.1. The van der Waals surface area contributed by atoms with Gasteiger partial charge in [-0.3, -0.25) is 0 Å². The third-order valence-electron chi connectivity index (χ3n) is 4.50. The van der Waals surface area contributed by atoms with Gasteiger partial charge in [0.05, 0.1) is 11.6 Å². The number of amides is 2. The van der Waals surface area contributed by atoms with Gasteiger partial charge in [0, 0.05) is 12.6 Å². The normalized spacial score (nSPS) is 21.2. The first-order valence-corrected chi connectivity index (χ1v) is 8.13. The maximum atomic E-state index is 12.1. The lowest BCUT2D eigenvalue weighted by atomic mass is 9.78. The van der Waals surface area contributed by atoms with Gasteiger partial charge < -0.3 is 10.6 Å². The molecule has 4 nitrogen and oxygen atoms in total. The van der Waals surface area contributed by atoms with Gasteiger partial charge in [0.25, 0.3) is 0 Å². The Morgan fingerprint density at radius 2 is 2.14 bits per heavy atom. The number of benzene rings is 1. The number of hydrogen-bond acceptors (Lipinski definition) is 2. The average molecular weight is 299 g/mol. The highest BCUT2D eigenvalue weighted by molar-refractivity contribution is 5.74. The average Bonchev–Trinajstić information content (AvgIpc) is 2.53. The fraction of sp³-hybridized carbons (Fsp3) is 0.556. The molecule has 2 rings (SSSR count). The molecule has 1 aromatic rings. The quantitative estimate of drug-likeness (QED) is 0.892. The summed E-state index contributed by atoms with van der Waals surface area (Å²) in [6, 6.07) is 9.59. The monoisotopic (exact) mass is 299 g/mol. The molecule has 1 aliphatic carbocycles. The summed E-state index contributed by atoms with van der Waals surface area (Å²) in [5.41, 5.74) is 1.56. The Kier molecular flexibility index (Phi) is 5.83. The number of nitrogens with one attached hydrogen (secondary N) is 2. The number of rotatable bonds is 4. The lowest BCUT2D eigenvalue weighted by molar-refractivity contribution is 0.194. The molecule has 1 aliphatic rings. The van der Waals surface area contributed by atoms with Crippen LogP contribution in [0.1, 0.15) is 50.7 Å². The van der Waals surface area contributed by atoms with E-state index in [1.165, 1.54) is 19.3 Å². The summed E-state index contributed by atoms with van der Waals surface area (Å²) >= 11 is 0. The van der Waals surface area contributed by atoms with E-state index >= 15 is 0 Å². The largest absolute Gasteiger partial charge is 0.335 e. The maximum absolute atomic E-state index is 12.1. The van der Waals surface area contributed by atoms with Crippen LogP contribution in [0.15, 0.2) is 24.3 Å². The molecule has 2 unspecified atom stereocenters. The van der Waals surface area contributed by atoms with Crippen molar-refractivity contribution in [1.82, 2.24) is 10.6 Å². The minimum atomic E-state index is -0.111. The fourth-order valence-corrected chi connectivity index (χ4v) is 3.29. The van der Waals surface area contributed by atoms with Crippen LogP contribution in [-0.4, -0.2) is 12.1 Å². The molecule has 0 saturated heterocycles. The van der Waals surface area contributed by atoms with Crippen LogP contribution in [0.3, 0.4) is 0 Å². The zero-order chi connectivity index (χ0) is 15.9. The predicted octanol–water partition coefficient (Wildman–Crippen LogP) is 3.57. The summed E-state index contributed by atoms with van der Waals surface area (Å²) in [7, 11) is 0. The van der Waals surface area contributed by atoms with Crippen molar-refractivity contribution in [2.75, 3.05) is 0 Å². The summed E-state index contributed by atoms with van der Waals surface area (Å²) in [6.45, 7) is 4.91. The molecule has 2 amide bonds. The summed E-state index contributed by atoms with van der Waals surface area (Å²) in [6.07, 6.45) is 4.73. The SMILES string of the molecule is CC(C)C1CCCCC1NC(=O)NCc1cccc(C#N)c1. The molecule has 0 heterocycles. The van der Waals surface area contributed by atoms with E-state index in [2.05, 4.69) is 30.6 Å². The second kappa shape index (κ2) is 7.84. The molecule has 1 saturated carbocycles. The van der Waals surface area contributed by atoms with Crippen molar-refractivity contribution in [3.63, 3.8) is 0 Å². The molecule has 22 heavy (non-hydrogen) atoms. The van der Waals surface area contributed by atoms with E-state index < -0.39 is 0 Å². The molecule has 0 radical (unpaired) electrons. The van der Waals surface area contributed by atoms with Gasteiger partial charge in [-0.25, -0.2) is 4.79 Å². The Morgan fingerprint density at radius 1 is 1.36 bits per heavy atom. The number of carbonyl (C=O) groups is 1. The van der Waals surface area contributed by atoms with Crippen molar-refractivity contribution >= 4 is 6.03 Å². The molecule has 2 atom stereocenters. The van der Waals surface area contributed by atoms with E-state index in [1.807, 2.05) is 12.1 Å². The second-order valence-corrected chi connectivity index (χ2v) is 6.44. The van der Waals surface area contributed by atoms with E-state index in [4.69, 9.17) is 5.26 Å². The minimum Gasteiger partial charge on any atom is -0.335 e. The zero-order valence-electron chi connectivity index (χ0n) is 13.4. The van der Waals surface area contributed by atoms with Gasteiger partial charge in [-0.2, -0.15) is 5.26 Å². The zero-order valence-corrected chi connectivity index (χ0v) is 13.4. The third-order valence-corrected chi connectivity index (χ3v) is 4.50. The first-order chi connectivity index (χ1) is 10.6. The summed E-state index contributed by atoms with van der Waals surface area (Å²) in [5, 5.41) is 14.9. The summed E-state index contributed by atoms with van der Waals surface area (Å²) in [5.74, 6) is 1.17.